The number of ether oxygens (including phenoxy) is 1. The van der Waals surface area contributed by atoms with Crippen molar-refractivity contribution in [1.82, 2.24) is 26.6 Å². The van der Waals surface area contributed by atoms with Crippen molar-refractivity contribution in [2.75, 3.05) is 13.2 Å². The van der Waals surface area contributed by atoms with Crippen molar-refractivity contribution < 1.29 is 43.7 Å². The Morgan fingerprint density at radius 2 is 1.00 bits per heavy atom. The number of nitro benzene ring substituents is 2. The summed E-state index contributed by atoms with van der Waals surface area (Å²) >= 11 is 0. The fourth-order valence-electron chi connectivity index (χ4n) is 8.22. The molecule has 0 heterocycles. The Labute approximate surface area is 442 Å². The van der Waals surface area contributed by atoms with Crippen LogP contribution in [-0.4, -0.2) is 63.9 Å². The first kappa shape index (κ1) is 58.1. The van der Waals surface area contributed by atoms with Gasteiger partial charge in [0.05, 0.1) is 45.9 Å². The van der Waals surface area contributed by atoms with Gasteiger partial charge in [0.25, 0.3) is 11.4 Å². The number of carbonyl (C=O) groups excluding carboxylic acids is 4. The van der Waals surface area contributed by atoms with E-state index in [4.69, 9.17) is 9.84 Å². The molecule has 6 aromatic carbocycles. The molecular weight excluding hydrogens is 973 g/mol. The molecule has 4 amide bonds. The number of aryl methyl sites for hydroxylation is 2. The Morgan fingerprint density at radius 1 is 0.592 bits per heavy atom. The van der Waals surface area contributed by atoms with Gasteiger partial charge in [0.15, 0.2) is 0 Å². The van der Waals surface area contributed by atoms with Crippen molar-refractivity contribution in [2.24, 2.45) is 5.92 Å². The maximum Gasteiger partial charge on any atom is 0.407 e. The number of fused-ring (bicyclic) bond motifs is 3. The van der Waals surface area contributed by atoms with E-state index < -0.39 is 40.0 Å². The van der Waals surface area contributed by atoms with Crippen molar-refractivity contribution in [2.45, 2.75) is 91.5 Å². The molecule has 1 aliphatic carbocycles. The average molecular weight is 1040 g/mol. The van der Waals surface area contributed by atoms with E-state index in [9.17, 15) is 44.2 Å². The van der Waals surface area contributed by atoms with Crippen LogP contribution >= 0.6 is 0 Å². The summed E-state index contributed by atoms with van der Waals surface area (Å²) in [6.45, 7) is 12.3. The van der Waals surface area contributed by atoms with E-state index >= 15 is 0 Å². The lowest BCUT2D eigenvalue weighted by Crippen LogP contribution is -2.36. The van der Waals surface area contributed by atoms with Crippen LogP contribution < -0.4 is 26.6 Å². The zero-order valence-corrected chi connectivity index (χ0v) is 43.4. The summed E-state index contributed by atoms with van der Waals surface area (Å²) in [6.07, 6.45) is -1.04. The minimum atomic E-state index is -0.963. The van der Waals surface area contributed by atoms with Crippen LogP contribution in [0.4, 0.5) is 16.2 Å². The first-order chi connectivity index (χ1) is 36.4. The molecule has 18 heteroatoms. The number of alkyl carbamates (subject to hydrolysis) is 1. The average Bonchev–Trinajstić information content (AvgIpc) is 3.73. The number of amides is 4. The number of nitro groups is 2. The van der Waals surface area contributed by atoms with E-state index in [0.29, 0.717) is 25.2 Å². The molecule has 76 heavy (non-hydrogen) atoms. The molecule has 0 radical (unpaired) electrons. The SMILES string of the molecule is CCN[C@H](C)C(=O)O.Cc1ccc(CNC(=O)CC([15NH]C(=O)C(C)C)c2ccccc2[N+](=O)[O-])cc1.Cc1ccc(CNC(=O)CC([15NH]C(=O)OCC2c3ccccc3-c3ccccc32)c2ccccc2[N+](=O)[O-])cc1. The number of rotatable bonds is 20. The number of carboxylic acid groups (broad SMARTS) is 1. The predicted molar refractivity (Wildman–Crippen MR) is 289 cm³/mol. The summed E-state index contributed by atoms with van der Waals surface area (Å²) in [5.74, 6) is -2.17. The van der Waals surface area contributed by atoms with Crippen LogP contribution in [0.1, 0.15) is 103 Å². The minimum Gasteiger partial charge on any atom is -0.480 e. The highest BCUT2D eigenvalue weighted by molar-refractivity contribution is 5.82. The number of carbonyl (C=O) groups is 5. The summed E-state index contributed by atoms with van der Waals surface area (Å²) in [6, 6.07) is 41.6. The number of nitrogens with one attached hydrogen (secondary N) is 5. The molecule has 2 unspecified atom stereocenters. The topological polar surface area (TPSA) is 261 Å². The van der Waals surface area contributed by atoms with E-state index in [1.807, 2.05) is 118 Å². The third-order valence-electron chi connectivity index (χ3n) is 12.4. The molecular formula is C58H65N7O11. The fourth-order valence-corrected chi connectivity index (χ4v) is 8.22. The second kappa shape index (κ2) is 28.6. The van der Waals surface area contributed by atoms with Crippen LogP contribution in [0.2, 0.25) is 0 Å². The number of hydrogen-bond donors (Lipinski definition) is 6. The Hall–Kier alpha value is -8.77. The van der Waals surface area contributed by atoms with Gasteiger partial charge in [-0.1, -0.05) is 165 Å². The van der Waals surface area contributed by atoms with Crippen LogP contribution in [0.3, 0.4) is 0 Å². The number of aliphatic carboxylic acids is 1. The lowest BCUT2D eigenvalue weighted by atomic mass is 9.98. The van der Waals surface area contributed by atoms with Gasteiger partial charge in [-0.15, -0.1) is 0 Å². The highest BCUT2D eigenvalue weighted by Crippen LogP contribution is 2.44. The Balaban J connectivity index is 0.000000257. The first-order valence-corrected chi connectivity index (χ1v) is 24.9. The number of benzene rings is 6. The zero-order valence-electron chi connectivity index (χ0n) is 43.4. The van der Waals surface area contributed by atoms with Gasteiger partial charge in [-0.3, -0.25) is 39.4 Å². The van der Waals surface area contributed by atoms with Gasteiger partial charge in [-0.2, -0.15) is 0 Å². The number of carboxylic acids is 1. The van der Waals surface area contributed by atoms with Crippen molar-refractivity contribution >= 4 is 41.2 Å². The molecule has 0 fully saturated rings. The quantitative estimate of drug-likeness (QED) is 0.0237. The van der Waals surface area contributed by atoms with Crippen molar-refractivity contribution in [1.29, 1.82) is 0 Å². The summed E-state index contributed by atoms with van der Waals surface area (Å²) in [7, 11) is 0. The highest BCUT2D eigenvalue weighted by atomic mass is 16.6. The molecule has 0 aliphatic heterocycles. The van der Waals surface area contributed by atoms with Crippen molar-refractivity contribution in [3.05, 3.63) is 210 Å². The van der Waals surface area contributed by atoms with Gasteiger partial charge in [0.1, 0.15) is 12.6 Å². The molecule has 0 saturated heterocycles. The predicted octanol–water partition coefficient (Wildman–Crippen LogP) is 9.68. The van der Waals surface area contributed by atoms with E-state index in [1.165, 1.54) is 12.1 Å². The van der Waals surface area contributed by atoms with Gasteiger partial charge in [-0.25, -0.2) is 4.79 Å². The monoisotopic (exact) mass is 1040 g/mol. The second-order valence-electron chi connectivity index (χ2n) is 18.4. The van der Waals surface area contributed by atoms with Gasteiger partial charge in [0.2, 0.25) is 17.7 Å². The van der Waals surface area contributed by atoms with Crippen LogP contribution in [0.15, 0.2) is 146 Å². The molecule has 3 atom stereocenters. The standard InChI is InChI=1S/C32H29N3O5.C21H25N3O4.C5H11NO2/c1-21-14-16-22(17-15-21)19-33-31(36)18-29(27-12-6-7-13-30(27)35(38)39)34-32(37)40-20-28-25-10-4-2-8-23(25)24-9-3-5-11-26(24)28;1-14(2)21(26)23-18(17-6-4-5-7-19(17)24(27)28)12-20(25)22-13-16-10-8-15(3)9-11-16;1-3-6-4(2)5(7)8/h2-17,28-29H,18-20H2,1H3,(H,33,36)(H,34,37);4-11,14,18H,12-13H2,1-3H3,(H,22,25)(H,23,26);4,6H,3H2,1-2H3,(H,7,8)/t;;4-/m..1/s1/i34+1;23+1;. The molecule has 6 aromatic rings. The number of likely N-dealkylation sites (N-methyl/N-ethyl adjacent to an activating group) is 1. The van der Waals surface area contributed by atoms with Crippen LogP contribution in [-0.2, 0) is 37.0 Å². The molecule has 1 aliphatic rings. The summed E-state index contributed by atoms with van der Waals surface area (Å²) in [4.78, 5) is 82.7. The van der Waals surface area contributed by atoms with Crippen LogP contribution in [0, 0.1) is 40.0 Å². The zero-order chi connectivity index (χ0) is 55.3. The number of para-hydroxylation sites is 2. The van der Waals surface area contributed by atoms with E-state index in [2.05, 4.69) is 26.6 Å². The highest BCUT2D eigenvalue weighted by Gasteiger charge is 2.31. The fraction of sp³-hybridized carbons (Fsp3) is 0.293. The lowest BCUT2D eigenvalue weighted by Gasteiger charge is -2.20. The normalized spacial score (nSPS) is 12.4. The van der Waals surface area contributed by atoms with E-state index in [-0.39, 0.29) is 65.9 Å². The largest absolute Gasteiger partial charge is 0.480 e. The van der Waals surface area contributed by atoms with E-state index in [0.717, 1.165) is 44.5 Å². The number of hydrogen-bond acceptors (Lipinski definition) is 11. The Kier molecular flexibility index (Phi) is 21.9. The summed E-state index contributed by atoms with van der Waals surface area (Å²) in [5, 5.41) is 45.2. The van der Waals surface area contributed by atoms with Crippen molar-refractivity contribution in [3.8, 4) is 11.1 Å². The molecule has 18 nitrogen and oxygen atoms in total. The second-order valence-corrected chi connectivity index (χ2v) is 18.4. The third kappa shape index (κ3) is 17.2. The Morgan fingerprint density at radius 3 is 1.39 bits per heavy atom. The Bertz CT molecular complexity index is 2920. The van der Waals surface area contributed by atoms with Gasteiger partial charge in [-0.05, 0) is 60.7 Å². The molecule has 0 aromatic heterocycles. The van der Waals surface area contributed by atoms with Crippen LogP contribution in [0.5, 0.6) is 0 Å². The summed E-state index contributed by atoms with van der Waals surface area (Å²) in [5.41, 5.74) is 8.70. The maximum absolute atomic E-state index is 13.0. The minimum absolute atomic E-state index is 0.0864. The van der Waals surface area contributed by atoms with Gasteiger partial charge in [0, 0.05) is 37.1 Å². The molecule has 7 rings (SSSR count). The van der Waals surface area contributed by atoms with Crippen molar-refractivity contribution in [3.63, 3.8) is 0 Å². The van der Waals surface area contributed by atoms with Crippen LogP contribution in [0.25, 0.3) is 11.1 Å². The summed E-state index contributed by atoms with van der Waals surface area (Å²) < 4.78 is 5.66. The molecule has 0 saturated carbocycles. The lowest BCUT2D eigenvalue weighted by molar-refractivity contribution is -0.385. The molecule has 0 bridgehead atoms. The van der Waals surface area contributed by atoms with E-state index in [1.54, 1.807) is 57.2 Å². The maximum atomic E-state index is 13.0. The molecule has 0 spiro atoms. The first-order valence-electron chi connectivity index (χ1n) is 24.9. The third-order valence-corrected chi connectivity index (χ3v) is 12.4. The number of nitrogens with zero attached hydrogens (tertiary/aromatic N) is 2. The van der Waals surface area contributed by atoms with Gasteiger partial charge < -0.3 is 36.4 Å². The molecule has 6 N–H and O–H groups in total. The molecule has 398 valence electrons. The smallest absolute Gasteiger partial charge is 0.407 e. The van der Waals surface area contributed by atoms with Gasteiger partial charge >= 0.3 is 12.1 Å².